The molecule has 0 amide bonds. The molecule has 0 N–H and O–H groups in total. The van der Waals surface area contributed by atoms with Crippen LogP contribution >= 0.6 is 0 Å². The summed E-state index contributed by atoms with van der Waals surface area (Å²) in [4.78, 5) is 0. The number of hydrogen-bond acceptors (Lipinski definition) is 1. The van der Waals surface area contributed by atoms with E-state index in [9.17, 15) is 0 Å². The predicted molar refractivity (Wildman–Crippen MR) is 276 cm³/mol. The van der Waals surface area contributed by atoms with E-state index in [0.29, 0.717) is 55.0 Å². The smallest absolute Gasteiger partial charge is 0.137 e. The van der Waals surface area contributed by atoms with E-state index in [1.165, 1.54) is 0 Å². The van der Waals surface area contributed by atoms with Crippen molar-refractivity contribution in [2.75, 3.05) is 0 Å². The third-order valence-corrected chi connectivity index (χ3v) is 12.9. The Bertz CT molecular complexity index is 3930. The Balaban J connectivity index is 1.12. The van der Waals surface area contributed by atoms with Gasteiger partial charge < -0.3 is 13.6 Å². The zero-order valence-electron chi connectivity index (χ0n) is 34.4. The third-order valence-electron chi connectivity index (χ3n) is 12.9. The highest BCUT2D eigenvalue weighted by atomic mass is 16.3. The summed E-state index contributed by atoms with van der Waals surface area (Å²) in [6.07, 6.45) is 0. The number of furan rings is 1. The maximum Gasteiger partial charge on any atom is 0.137 e. The number of para-hydroxylation sites is 1. The van der Waals surface area contributed by atoms with Crippen LogP contribution in [0.1, 0.15) is 0 Å². The standard InChI is InChI=1S/C54H27B7N2O/c55-46-43(47(56)51(60)53-44(46)45-48(57)49(58)50(59)52(61)54(45)63(53)34-20-22-37-36-16-7-8-17-41(36)64-42(37)27-34)32-19-23-39-38(25-32)35-21-18-31(29-12-5-2-6-13-29)26-40(35)62(39)33-15-9-14-30(24-33)28-10-3-1-4-11-28/h1-27H. The van der Waals surface area contributed by atoms with Crippen molar-refractivity contribution in [2.45, 2.75) is 0 Å². The lowest BCUT2D eigenvalue weighted by Gasteiger charge is -2.19. The summed E-state index contributed by atoms with van der Waals surface area (Å²) in [6, 6.07) is 56.2. The summed E-state index contributed by atoms with van der Waals surface area (Å²) in [5.41, 5.74) is 13.9. The van der Waals surface area contributed by atoms with E-state index in [2.05, 4.69) is 108 Å². The van der Waals surface area contributed by atoms with Crippen molar-refractivity contribution >= 4 is 159 Å². The second kappa shape index (κ2) is 14.4. The molecule has 0 atom stereocenters. The molecule has 0 aliphatic carbocycles. The van der Waals surface area contributed by atoms with Gasteiger partial charge in [-0.25, -0.2) is 0 Å². The molecule has 10 heteroatoms. The average molecular weight is 796 g/mol. The van der Waals surface area contributed by atoms with Crippen molar-refractivity contribution in [2.24, 2.45) is 0 Å². The van der Waals surface area contributed by atoms with E-state index in [0.717, 1.165) is 71.7 Å². The molecular weight excluding hydrogens is 768 g/mol. The lowest BCUT2D eigenvalue weighted by atomic mass is 9.64. The van der Waals surface area contributed by atoms with Gasteiger partial charge >= 0.3 is 0 Å². The fraction of sp³-hybridized carbons (Fsp3) is 0. The van der Waals surface area contributed by atoms with Crippen LogP contribution in [-0.4, -0.2) is 64.1 Å². The molecule has 0 aliphatic heterocycles. The lowest BCUT2D eigenvalue weighted by molar-refractivity contribution is 0.668. The Morgan fingerprint density at radius 1 is 0.312 bits per heavy atom. The first kappa shape index (κ1) is 38.5. The van der Waals surface area contributed by atoms with Crippen molar-refractivity contribution in [1.82, 2.24) is 9.13 Å². The Morgan fingerprint density at radius 3 is 1.64 bits per heavy atom. The van der Waals surface area contributed by atoms with Crippen molar-refractivity contribution in [1.29, 1.82) is 0 Å². The maximum absolute atomic E-state index is 7.39. The van der Waals surface area contributed by atoms with Crippen LogP contribution in [0, 0.1) is 0 Å². The normalized spacial score (nSPS) is 11.9. The molecule has 14 radical (unpaired) electrons. The summed E-state index contributed by atoms with van der Waals surface area (Å²) in [5.74, 6) is 0. The second-order valence-electron chi connectivity index (χ2n) is 16.4. The zero-order chi connectivity index (χ0) is 43.5. The van der Waals surface area contributed by atoms with Gasteiger partial charge in [0.1, 0.15) is 66.1 Å². The summed E-state index contributed by atoms with van der Waals surface area (Å²) in [5, 5.41) is 5.12. The maximum atomic E-state index is 7.39. The quantitative estimate of drug-likeness (QED) is 0.187. The lowest BCUT2D eigenvalue weighted by Crippen LogP contribution is -2.48. The molecule has 64 heavy (non-hydrogen) atoms. The van der Waals surface area contributed by atoms with Gasteiger partial charge in [-0.05, 0) is 87.3 Å². The van der Waals surface area contributed by atoms with E-state index < -0.39 is 0 Å². The van der Waals surface area contributed by atoms with Crippen molar-refractivity contribution in [3.8, 4) is 44.8 Å². The summed E-state index contributed by atoms with van der Waals surface area (Å²) >= 11 is 0. The van der Waals surface area contributed by atoms with Gasteiger partial charge in [0.15, 0.2) is 0 Å². The number of rotatable bonds is 5. The summed E-state index contributed by atoms with van der Waals surface area (Å²) < 4.78 is 10.6. The number of hydrogen-bond donors (Lipinski definition) is 0. The molecule has 12 rings (SSSR count). The van der Waals surface area contributed by atoms with Crippen LogP contribution in [0.4, 0.5) is 0 Å². The molecule has 0 aliphatic rings. The topological polar surface area (TPSA) is 23.0 Å². The molecular formula is C54H27B7N2O. The molecule has 0 saturated carbocycles. The van der Waals surface area contributed by atoms with Gasteiger partial charge in [-0.1, -0.05) is 137 Å². The van der Waals surface area contributed by atoms with Crippen molar-refractivity contribution in [3.63, 3.8) is 0 Å². The molecule has 0 saturated heterocycles. The van der Waals surface area contributed by atoms with E-state index in [-0.39, 0.29) is 21.9 Å². The van der Waals surface area contributed by atoms with Crippen LogP contribution in [-0.2, 0) is 0 Å². The van der Waals surface area contributed by atoms with Crippen LogP contribution in [0.5, 0.6) is 0 Å². The minimum absolute atomic E-state index is 0.161. The highest BCUT2D eigenvalue weighted by Gasteiger charge is 2.25. The molecule has 0 bridgehead atoms. The van der Waals surface area contributed by atoms with Gasteiger partial charge in [0, 0.05) is 55.4 Å². The Morgan fingerprint density at radius 2 is 0.891 bits per heavy atom. The molecule has 12 aromatic rings. The summed E-state index contributed by atoms with van der Waals surface area (Å²) in [7, 11) is 48.7. The number of aromatic nitrogens is 2. The van der Waals surface area contributed by atoms with Crippen molar-refractivity contribution in [3.05, 3.63) is 164 Å². The number of benzene rings is 9. The molecule has 0 fully saturated rings. The Hall–Kier alpha value is -7.17. The van der Waals surface area contributed by atoms with Gasteiger partial charge in [-0.15, -0.1) is 10.9 Å². The Labute approximate surface area is 379 Å². The highest BCUT2D eigenvalue weighted by molar-refractivity contribution is 6.69. The van der Waals surface area contributed by atoms with E-state index in [1.54, 1.807) is 0 Å². The first-order chi connectivity index (χ1) is 31.2. The van der Waals surface area contributed by atoms with Gasteiger partial charge in [0.05, 0.1) is 11.0 Å². The fourth-order valence-corrected chi connectivity index (χ4v) is 9.83. The SMILES string of the molecule is [B]c1c([B])c([B])c2c(c1[B])c1c([B])c(-c3ccc4c(c3)c3ccc(-c5ccccc5)cc3n4-c3cccc(-c4ccccc4)c3)c([B])c([B])c1n2-c1ccc2c(c1)oc1ccccc12. The summed E-state index contributed by atoms with van der Waals surface area (Å²) in [6.45, 7) is 0. The fourth-order valence-electron chi connectivity index (χ4n) is 9.83. The first-order valence-electron chi connectivity index (χ1n) is 21.0. The monoisotopic (exact) mass is 796 g/mol. The Kier molecular flexibility index (Phi) is 8.69. The molecule has 0 unspecified atom stereocenters. The van der Waals surface area contributed by atoms with Crippen LogP contribution in [0.25, 0.3) is 110 Å². The zero-order valence-corrected chi connectivity index (χ0v) is 34.4. The van der Waals surface area contributed by atoms with Gasteiger partial charge in [-0.3, -0.25) is 0 Å². The van der Waals surface area contributed by atoms with Gasteiger partial charge in [-0.2, -0.15) is 0 Å². The molecule has 9 aromatic carbocycles. The predicted octanol–water partition coefficient (Wildman–Crippen LogP) is 6.34. The number of fused-ring (bicyclic) bond motifs is 9. The van der Waals surface area contributed by atoms with Crippen molar-refractivity contribution < 1.29 is 4.42 Å². The minimum atomic E-state index is 0.161. The van der Waals surface area contributed by atoms with E-state index >= 15 is 0 Å². The first-order valence-corrected chi connectivity index (χ1v) is 21.0. The third kappa shape index (κ3) is 5.58. The van der Waals surface area contributed by atoms with E-state index in [4.69, 9.17) is 59.3 Å². The largest absolute Gasteiger partial charge is 0.456 e. The van der Waals surface area contributed by atoms with Gasteiger partial charge in [0.25, 0.3) is 0 Å². The molecule has 3 aromatic heterocycles. The molecule has 3 nitrogen and oxygen atoms in total. The van der Waals surface area contributed by atoms with Gasteiger partial charge in [0.2, 0.25) is 0 Å². The minimum Gasteiger partial charge on any atom is -0.456 e. The molecule has 0 spiro atoms. The molecule has 3 heterocycles. The average Bonchev–Trinajstić information content (AvgIpc) is 4.00. The second-order valence-corrected chi connectivity index (χ2v) is 16.4. The van der Waals surface area contributed by atoms with Crippen LogP contribution in [0.15, 0.2) is 168 Å². The van der Waals surface area contributed by atoms with E-state index in [1.807, 2.05) is 65.2 Å². The van der Waals surface area contributed by atoms with Crippen LogP contribution < -0.4 is 38.2 Å². The number of nitrogens with zero attached hydrogens (tertiary/aromatic N) is 2. The van der Waals surface area contributed by atoms with Crippen LogP contribution in [0.3, 0.4) is 0 Å². The highest BCUT2D eigenvalue weighted by Crippen LogP contribution is 2.39. The molecule has 280 valence electrons. The van der Waals surface area contributed by atoms with Crippen LogP contribution in [0.2, 0.25) is 0 Å².